The van der Waals surface area contributed by atoms with Crippen LogP contribution in [-0.2, 0) is 4.79 Å². The van der Waals surface area contributed by atoms with Crippen LogP contribution < -0.4 is 15.8 Å². The lowest BCUT2D eigenvalue weighted by Crippen LogP contribution is -2.40. The van der Waals surface area contributed by atoms with E-state index in [4.69, 9.17) is 10.5 Å². The van der Waals surface area contributed by atoms with Gasteiger partial charge < -0.3 is 20.9 Å². The average molecular weight is 275 g/mol. The van der Waals surface area contributed by atoms with Gasteiger partial charge in [-0.1, -0.05) is 12.1 Å². The molecule has 0 aliphatic heterocycles. The van der Waals surface area contributed by atoms with Crippen molar-refractivity contribution in [3.63, 3.8) is 0 Å². The first-order valence-electron chi connectivity index (χ1n) is 5.40. The van der Waals surface area contributed by atoms with E-state index in [1.807, 2.05) is 0 Å². The Hall–Kier alpha value is -1.30. The molecule has 18 heavy (non-hydrogen) atoms. The summed E-state index contributed by atoms with van der Waals surface area (Å²) < 4.78 is 5.01. The number of nitrogens with two attached hydrogens (primary N) is 1. The zero-order valence-corrected chi connectivity index (χ0v) is 11.2. The highest BCUT2D eigenvalue weighted by molar-refractivity contribution is 5.85. The molecule has 1 aromatic carbocycles. The Morgan fingerprint density at radius 2 is 2.00 bits per heavy atom. The Balaban J connectivity index is 0.00000289. The first kappa shape index (κ1) is 16.7. The van der Waals surface area contributed by atoms with Crippen LogP contribution >= 0.6 is 12.4 Å². The van der Waals surface area contributed by atoms with Gasteiger partial charge in [0.15, 0.2) is 0 Å². The number of carbonyl (C=O) groups is 1. The molecule has 5 nitrogen and oxygen atoms in total. The molecule has 0 aromatic heterocycles. The molecule has 1 rings (SSSR count). The summed E-state index contributed by atoms with van der Waals surface area (Å²) in [4.78, 5) is 11.2. The smallest absolute Gasteiger partial charge is 0.236 e. The van der Waals surface area contributed by atoms with E-state index in [9.17, 15) is 9.90 Å². The van der Waals surface area contributed by atoms with E-state index in [0.717, 1.165) is 11.3 Å². The second-order valence-electron chi connectivity index (χ2n) is 3.82. The van der Waals surface area contributed by atoms with E-state index < -0.39 is 12.1 Å². The van der Waals surface area contributed by atoms with Crippen LogP contribution in [0.3, 0.4) is 0 Å². The molecule has 2 atom stereocenters. The van der Waals surface area contributed by atoms with Crippen LogP contribution in [0.15, 0.2) is 24.3 Å². The third-order valence-corrected chi connectivity index (χ3v) is 2.38. The Morgan fingerprint density at radius 1 is 1.44 bits per heavy atom. The largest absolute Gasteiger partial charge is 0.497 e. The van der Waals surface area contributed by atoms with Gasteiger partial charge in [-0.15, -0.1) is 12.4 Å². The van der Waals surface area contributed by atoms with E-state index in [-0.39, 0.29) is 24.9 Å². The van der Waals surface area contributed by atoms with Crippen molar-refractivity contribution in [3.8, 4) is 5.75 Å². The van der Waals surface area contributed by atoms with E-state index >= 15 is 0 Å². The monoisotopic (exact) mass is 274 g/mol. The number of hydrogen-bond donors (Lipinski definition) is 3. The van der Waals surface area contributed by atoms with Gasteiger partial charge in [0, 0.05) is 6.54 Å². The van der Waals surface area contributed by atoms with Crippen LogP contribution in [0, 0.1) is 0 Å². The topological polar surface area (TPSA) is 84.6 Å². The number of halogens is 1. The van der Waals surface area contributed by atoms with Gasteiger partial charge in [0.05, 0.1) is 19.3 Å². The highest BCUT2D eigenvalue weighted by Crippen LogP contribution is 2.16. The highest BCUT2D eigenvalue weighted by Gasteiger charge is 2.11. The molecule has 2 unspecified atom stereocenters. The zero-order chi connectivity index (χ0) is 12.8. The van der Waals surface area contributed by atoms with Gasteiger partial charge in [0.2, 0.25) is 5.91 Å². The van der Waals surface area contributed by atoms with Crippen LogP contribution in [0.4, 0.5) is 0 Å². The summed E-state index contributed by atoms with van der Waals surface area (Å²) in [7, 11) is 1.58. The van der Waals surface area contributed by atoms with Crippen molar-refractivity contribution >= 4 is 18.3 Å². The number of nitrogens with one attached hydrogen (secondary N) is 1. The average Bonchev–Trinajstić information content (AvgIpc) is 2.35. The number of carbonyl (C=O) groups excluding carboxylic acids is 1. The van der Waals surface area contributed by atoms with Crippen LogP contribution in [0.2, 0.25) is 0 Å². The standard InChI is InChI=1S/C12H18N2O3.ClH/c1-8(13)12(16)14-7-11(15)9-3-5-10(17-2)6-4-9;/h3-6,8,11,15H,7,13H2,1-2H3,(H,14,16);1H. The molecule has 0 aliphatic rings. The van der Waals surface area contributed by atoms with Crippen LogP contribution in [0.5, 0.6) is 5.75 Å². The molecule has 1 aromatic rings. The zero-order valence-electron chi connectivity index (χ0n) is 10.4. The van der Waals surface area contributed by atoms with Crippen LogP contribution in [0.1, 0.15) is 18.6 Å². The lowest BCUT2D eigenvalue weighted by Gasteiger charge is -2.13. The number of methoxy groups -OCH3 is 1. The van der Waals surface area contributed by atoms with Crippen molar-refractivity contribution in [2.45, 2.75) is 19.1 Å². The second kappa shape index (κ2) is 7.92. The van der Waals surface area contributed by atoms with E-state index in [1.165, 1.54) is 0 Å². The summed E-state index contributed by atoms with van der Waals surface area (Å²) in [6.07, 6.45) is -0.747. The van der Waals surface area contributed by atoms with E-state index in [0.29, 0.717) is 0 Å². The number of rotatable bonds is 5. The molecule has 6 heteroatoms. The fraction of sp³-hybridized carbons (Fsp3) is 0.417. The molecule has 0 saturated heterocycles. The first-order chi connectivity index (χ1) is 8.04. The first-order valence-corrected chi connectivity index (χ1v) is 5.40. The van der Waals surface area contributed by atoms with Crippen LogP contribution in [0.25, 0.3) is 0 Å². The van der Waals surface area contributed by atoms with Gasteiger partial charge in [-0.2, -0.15) is 0 Å². The molecule has 4 N–H and O–H groups in total. The molecule has 0 bridgehead atoms. The fourth-order valence-corrected chi connectivity index (χ4v) is 1.30. The van der Waals surface area contributed by atoms with E-state index in [1.54, 1.807) is 38.3 Å². The predicted molar refractivity (Wildman–Crippen MR) is 71.9 cm³/mol. The maximum atomic E-state index is 11.2. The Kier molecular flexibility index (Phi) is 7.35. The lowest BCUT2D eigenvalue weighted by molar-refractivity contribution is -0.122. The van der Waals surface area contributed by atoms with Gasteiger partial charge in [-0.05, 0) is 24.6 Å². The molecule has 0 radical (unpaired) electrons. The van der Waals surface area contributed by atoms with Gasteiger partial charge >= 0.3 is 0 Å². The quantitative estimate of drug-likeness (QED) is 0.735. The van der Waals surface area contributed by atoms with E-state index in [2.05, 4.69) is 5.32 Å². The molecule has 1 amide bonds. The van der Waals surface area contributed by atoms with Gasteiger partial charge in [0.1, 0.15) is 5.75 Å². The normalized spacial score (nSPS) is 13.1. The minimum atomic E-state index is -0.747. The number of ether oxygens (including phenoxy) is 1. The summed E-state index contributed by atoms with van der Waals surface area (Å²) in [5.41, 5.74) is 6.11. The molecular weight excluding hydrogens is 256 g/mol. The molecule has 0 heterocycles. The van der Waals surface area contributed by atoms with Gasteiger partial charge in [-0.25, -0.2) is 0 Å². The minimum absolute atomic E-state index is 0. The van der Waals surface area contributed by atoms with Crippen molar-refractivity contribution in [1.82, 2.24) is 5.32 Å². The minimum Gasteiger partial charge on any atom is -0.497 e. The van der Waals surface area contributed by atoms with Crippen molar-refractivity contribution in [2.24, 2.45) is 5.73 Å². The SMILES string of the molecule is COc1ccc(C(O)CNC(=O)C(C)N)cc1.Cl. The van der Waals surface area contributed by atoms with Crippen LogP contribution in [-0.4, -0.2) is 30.7 Å². The number of amides is 1. The molecule has 0 spiro atoms. The third-order valence-electron chi connectivity index (χ3n) is 2.38. The summed E-state index contributed by atoms with van der Waals surface area (Å²) in [5.74, 6) is 0.443. The third kappa shape index (κ3) is 4.91. The maximum Gasteiger partial charge on any atom is 0.236 e. The number of aliphatic hydroxyl groups is 1. The van der Waals surface area contributed by atoms with Crippen molar-refractivity contribution in [1.29, 1.82) is 0 Å². The molecule has 102 valence electrons. The Labute approximate surface area is 113 Å². The summed E-state index contributed by atoms with van der Waals surface area (Å²) in [5, 5.41) is 12.4. The predicted octanol–water partition coefficient (Wildman–Crippen LogP) is 0.614. The Bertz CT molecular complexity index is 368. The number of hydrogen-bond acceptors (Lipinski definition) is 4. The lowest BCUT2D eigenvalue weighted by atomic mass is 10.1. The fourth-order valence-electron chi connectivity index (χ4n) is 1.30. The molecule has 0 fully saturated rings. The molecular formula is C12H19ClN2O3. The maximum absolute atomic E-state index is 11.2. The second-order valence-corrected chi connectivity index (χ2v) is 3.82. The van der Waals surface area contributed by atoms with Gasteiger partial charge in [0.25, 0.3) is 0 Å². The molecule has 0 saturated carbocycles. The highest BCUT2D eigenvalue weighted by atomic mass is 35.5. The van der Waals surface area contributed by atoms with Gasteiger partial charge in [-0.3, -0.25) is 4.79 Å². The summed E-state index contributed by atoms with van der Waals surface area (Å²) in [6.45, 7) is 1.74. The summed E-state index contributed by atoms with van der Waals surface area (Å²) >= 11 is 0. The Morgan fingerprint density at radius 3 is 2.44 bits per heavy atom. The van der Waals surface area contributed by atoms with Crippen molar-refractivity contribution in [2.75, 3.05) is 13.7 Å². The van der Waals surface area contributed by atoms with Crippen molar-refractivity contribution < 1.29 is 14.6 Å². The number of benzene rings is 1. The number of aliphatic hydroxyl groups excluding tert-OH is 1. The summed E-state index contributed by atoms with van der Waals surface area (Å²) in [6, 6.07) is 6.44. The van der Waals surface area contributed by atoms with Crippen molar-refractivity contribution in [3.05, 3.63) is 29.8 Å². The molecule has 0 aliphatic carbocycles.